The predicted molar refractivity (Wildman–Crippen MR) is 109 cm³/mol. The first kappa shape index (κ1) is 22.5. The van der Waals surface area contributed by atoms with E-state index in [2.05, 4.69) is 11.7 Å². The summed E-state index contributed by atoms with van der Waals surface area (Å²) in [5.74, 6) is 0.403. The molecular weight excluding hydrogens is 370 g/mol. The van der Waals surface area contributed by atoms with E-state index in [1.165, 1.54) is 39.6 Å². The fourth-order valence-electron chi connectivity index (χ4n) is 3.64. The molecule has 2 rings (SSSR count). The Kier molecular flexibility index (Phi) is 8.72. The van der Waals surface area contributed by atoms with E-state index in [0.717, 1.165) is 31.6 Å². The molecule has 1 saturated carbocycles. The molecule has 0 amide bonds. The van der Waals surface area contributed by atoms with Crippen LogP contribution in [0.15, 0.2) is 23.8 Å². The van der Waals surface area contributed by atoms with Gasteiger partial charge in [-0.25, -0.2) is 4.79 Å². The van der Waals surface area contributed by atoms with E-state index < -0.39 is 5.97 Å². The van der Waals surface area contributed by atoms with Crippen LogP contribution < -0.4 is 9.47 Å². The van der Waals surface area contributed by atoms with Crippen LogP contribution in [0.5, 0.6) is 11.5 Å². The summed E-state index contributed by atoms with van der Waals surface area (Å²) < 4.78 is 15.5. The van der Waals surface area contributed by atoms with Crippen LogP contribution in [0.3, 0.4) is 0 Å². The van der Waals surface area contributed by atoms with E-state index in [1.54, 1.807) is 24.3 Å². The highest BCUT2D eigenvalue weighted by Crippen LogP contribution is 2.35. The van der Waals surface area contributed by atoms with Gasteiger partial charge in [-0.15, -0.1) is 0 Å². The van der Waals surface area contributed by atoms with Gasteiger partial charge in [0.2, 0.25) is 0 Å². The van der Waals surface area contributed by atoms with Gasteiger partial charge in [0.1, 0.15) is 11.6 Å². The Morgan fingerprint density at radius 3 is 2.48 bits per heavy atom. The van der Waals surface area contributed by atoms with E-state index >= 15 is 0 Å². The minimum absolute atomic E-state index is 0.0818. The molecule has 0 saturated heterocycles. The van der Waals surface area contributed by atoms with Crippen LogP contribution in [0.2, 0.25) is 0 Å². The quantitative estimate of drug-likeness (QED) is 0.273. The van der Waals surface area contributed by atoms with Gasteiger partial charge in [0, 0.05) is 0 Å². The van der Waals surface area contributed by atoms with Crippen LogP contribution in [0.4, 0.5) is 0 Å². The van der Waals surface area contributed by atoms with E-state index in [4.69, 9.17) is 14.7 Å². The summed E-state index contributed by atoms with van der Waals surface area (Å²) in [4.78, 5) is 24.2. The van der Waals surface area contributed by atoms with Gasteiger partial charge in [-0.2, -0.15) is 5.26 Å². The molecule has 6 nitrogen and oxygen atoms in total. The van der Waals surface area contributed by atoms with E-state index in [-0.39, 0.29) is 17.5 Å². The molecule has 1 aromatic carbocycles. The number of nitriles is 1. The number of rotatable bonds is 8. The maximum atomic E-state index is 12.6. The highest BCUT2D eigenvalue weighted by Gasteiger charge is 2.28. The maximum Gasteiger partial charge on any atom is 0.348 e. The fraction of sp³-hybridized carbons (Fsp3) is 0.522. The molecule has 1 aromatic rings. The van der Waals surface area contributed by atoms with Crippen LogP contribution in [-0.4, -0.2) is 26.2 Å². The van der Waals surface area contributed by atoms with Crippen molar-refractivity contribution in [3.05, 3.63) is 29.3 Å². The minimum Gasteiger partial charge on any atom is -0.493 e. The second kappa shape index (κ2) is 11.3. The Hall–Kier alpha value is -2.81. The number of unbranched alkanes of at least 4 members (excludes halogenated alkanes) is 1. The summed E-state index contributed by atoms with van der Waals surface area (Å²) in [6.07, 6.45) is 8.98. The second-order valence-corrected chi connectivity index (χ2v) is 7.35. The standard InChI is InChI=1S/C23H29NO5/c1-4-5-6-16-7-10-18(11-8-16)23(26)29-20-12-9-17(14-21(20)27-2)13-19(15-24)22(25)28-3/h9,12-14,16,18H,4-8,10-11H2,1-3H3/b19-13+. The highest BCUT2D eigenvalue weighted by atomic mass is 16.6. The van der Waals surface area contributed by atoms with Crippen molar-refractivity contribution < 1.29 is 23.8 Å². The van der Waals surface area contributed by atoms with E-state index in [0.29, 0.717) is 17.1 Å². The largest absolute Gasteiger partial charge is 0.493 e. The van der Waals surface area contributed by atoms with Crippen molar-refractivity contribution in [1.29, 1.82) is 5.26 Å². The van der Waals surface area contributed by atoms with E-state index in [9.17, 15) is 9.59 Å². The topological polar surface area (TPSA) is 85.6 Å². The first-order valence-electron chi connectivity index (χ1n) is 10.1. The molecule has 0 N–H and O–H groups in total. The molecule has 29 heavy (non-hydrogen) atoms. The SMILES string of the molecule is CCCCC1CCC(C(=O)Oc2ccc(/C=C(\C#N)C(=O)OC)cc2OC)CC1. The molecule has 0 spiro atoms. The van der Waals surface area contributed by atoms with Crippen molar-refractivity contribution in [2.24, 2.45) is 11.8 Å². The van der Waals surface area contributed by atoms with Crippen molar-refractivity contribution in [3.8, 4) is 17.6 Å². The molecule has 0 radical (unpaired) electrons. The lowest BCUT2D eigenvalue weighted by Gasteiger charge is -2.27. The van der Waals surface area contributed by atoms with Gasteiger partial charge in [-0.1, -0.05) is 32.3 Å². The van der Waals surface area contributed by atoms with Gasteiger partial charge in [0.05, 0.1) is 20.1 Å². The summed E-state index contributed by atoms with van der Waals surface area (Å²) in [6.45, 7) is 2.20. The number of nitrogens with zero attached hydrogens (tertiary/aromatic N) is 1. The zero-order valence-electron chi connectivity index (χ0n) is 17.4. The predicted octanol–water partition coefficient (Wildman–Crippen LogP) is 4.68. The highest BCUT2D eigenvalue weighted by molar-refractivity contribution is 5.97. The second-order valence-electron chi connectivity index (χ2n) is 7.35. The van der Waals surface area contributed by atoms with Gasteiger partial charge in [0.15, 0.2) is 11.5 Å². The van der Waals surface area contributed by atoms with Crippen molar-refractivity contribution in [2.45, 2.75) is 51.9 Å². The van der Waals surface area contributed by atoms with Crippen molar-refractivity contribution in [2.75, 3.05) is 14.2 Å². The average Bonchev–Trinajstić information content (AvgIpc) is 2.76. The van der Waals surface area contributed by atoms with Crippen LogP contribution >= 0.6 is 0 Å². The lowest BCUT2D eigenvalue weighted by Crippen LogP contribution is -2.25. The minimum atomic E-state index is -0.712. The molecular formula is C23H29NO5. The zero-order valence-corrected chi connectivity index (χ0v) is 17.4. The van der Waals surface area contributed by atoms with Crippen LogP contribution in [0, 0.1) is 23.2 Å². The lowest BCUT2D eigenvalue weighted by molar-refractivity contribution is -0.140. The molecule has 156 valence electrons. The molecule has 1 fully saturated rings. The van der Waals surface area contributed by atoms with Gasteiger partial charge in [-0.3, -0.25) is 4.79 Å². The van der Waals surface area contributed by atoms with Crippen molar-refractivity contribution >= 4 is 18.0 Å². The number of hydrogen-bond acceptors (Lipinski definition) is 6. The molecule has 0 atom stereocenters. The molecule has 0 aliphatic heterocycles. The number of carbonyl (C=O) groups excluding carboxylic acids is 2. The maximum absolute atomic E-state index is 12.6. The van der Waals surface area contributed by atoms with Crippen LogP contribution in [0.25, 0.3) is 6.08 Å². The summed E-state index contributed by atoms with van der Waals surface area (Å²) in [7, 11) is 2.69. The average molecular weight is 399 g/mol. The third kappa shape index (κ3) is 6.35. The molecule has 6 heteroatoms. The molecule has 0 heterocycles. The molecule has 1 aliphatic carbocycles. The lowest BCUT2D eigenvalue weighted by atomic mass is 9.80. The monoisotopic (exact) mass is 399 g/mol. The third-order valence-electron chi connectivity index (χ3n) is 5.38. The summed E-state index contributed by atoms with van der Waals surface area (Å²) in [6, 6.07) is 6.69. The fourth-order valence-corrected chi connectivity index (χ4v) is 3.64. The Morgan fingerprint density at radius 2 is 1.90 bits per heavy atom. The molecule has 0 unspecified atom stereocenters. The Labute approximate surface area is 172 Å². The number of hydrogen-bond donors (Lipinski definition) is 0. The third-order valence-corrected chi connectivity index (χ3v) is 5.38. The molecule has 0 bridgehead atoms. The summed E-state index contributed by atoms with van der Waals surface area (Å²) in [5.41, 5.74) is 0.444. The number of esters is 2. The Bertz CT molecular complexity index is 785. The van der Waals surface area contributed by atoms with Gasteiger partial charge >= 0.3 is 11.9 Å². The number of methoxy groups -OCH3 is 2. The number of benzene rings is 1. The Morgan fingerprint density at radius 1 is 1.17 bits per heavy atom. The molecule has 0 aromatic heterocycles. The van der Waals surface area contributed by atoms with Crippen LogP contribution in [-0.2, 0) is 14.3 Å². The van der Waals surface area contributed by atoms with Crippen LogP contribution in [0.1, 0.15) is 57.4 Å². The van der Waals surface area contributed by atoms with Crippen molar-refractivity contribution in [3.63, 3.8) is 0 Å². The van der Waals surface area contributed by atoms with Gasteiger partial charge in [0.25, 0.3) is 0 Å². The number of ether oxygens (including phenoxy) is 3. The van der Waals surface area contributed by atoms with Crippen molar-refractivity contribution in [1.82, 2.24) is 0 Å². The smallest absolute Gasteiger partial charge is 0.348 e. The molecule has 1 aliphatic rings. The normalized spacial score (nSPS) is 19.2. The zero-order chi connectivity index (χ0) is 21.2. The first-order chi connectivity index (χ1) is 14.0. The Balaban J connectivity index is 2.04. The van der Waals surface area contributed by atoms with Gasteiger partial charge < -0.3 is 14.2 Å². The first-order valence-corrected chi connectivity index (χ1v) is 10.1. The van der Waals surface area contributed by atoms with E-state index in [1.807, 2.05) is 0 Å². The number of carbonyl (C=O) groups is 2. The van der Waals surface area contributed by atoms with Gasteiger partial charge in [-0.05, 0) is 55.4 Å². The summed E-state index contributed by atoms with van der Waals surface area (Å²) >= 11 is 0. The summed E-state index contributed by atoms with van der Waals surface area (Å²) in [5, 5.41) is 9.08.